The lowest BCUT2D eigenvalue weighted by Crippen LogP contribution is -2.33. The van der Waals surface area contributed by atoms with Gasteiger partial charge >= 0.3 is 0 Å². The van der Waals surface area contributed by atoms with Crippen molar-refractivity contribution in [3.8, 4) is 0 Å². The van der Waals surface area contributed by atoms with Crippen molar-refractivity contribution >= 4 is 40.4 Å². The molecule has 0 atom stereocenters. The molecule has 0 saturated carbocycles. The molecule has 0 bridgehead atoms. The molecule has 0 aliphatic carbocycles. The first kappa shape index (κ1) is 20.9. The van der Waals surface area contributed by atoms with E-state index in [1.165, 1.54) is 4.90 Å². The Bertz CT molecular complexity index is 1260. The summed E-state index contributed by atoms with van der Waals surface area (Å²) in [5, 5.41) is 3.69. The van der Waals surface area contributed by atoms with Crippen molar-refractivity contribution < 1.29 is 9.59 Å². The van der Waals surface area contributed by atoms with Crippen LogP contribution >= 0.6 is 11.6 Å². The molecule has 1 aliphatic heterocycles. The minimum absolute atomic E-state index is 0.266. The van der Waals surface area contributed by atoms with Gasteiger partial charge in [-0.2, -0.15) is 0 Å². The molecular weight excluding hydrogens is 408 g/mol. The molecule has 3 aromatic carbocycles. The van der Waals surface area contributed by atoms with Crippen LogP contribution < -0.4 is 10.2 Å². The third kappa shape index (κ3) is 3.87. The number of imide groups is 1. The molecule has 31 heavy (non-hydrogen) atoms. The fourth-order valence-corrected chi connectivity index (χ4v) is 4.07. The number of nitrogens with one attached hydrogen (secondary N) is 1. The van der Waals surface area contributed by atoms with Crippen molar-refractivity contribution in [3.63, 3.8) is 0 Å². The summed E-state index contributed by atoms with van der Waals surface area (Å²) >= 11 is 6.19. The Balaban J connectivity index is 1.89. The summed E-state index contributed by atoms with van der Waals surface area (Å²) in [7, 11) is 0. The molecule has 1 N–H and O–H groups in total. The Morgan fingerprint density at radius 2 is 1.52 bits per heavy atom. The average molecular weight is 431 g/mol. The van der Waals surface area contributed by atoms with Gasteiger partial charge in [0.25, 0.3) is 11.8 Å². The standard InChI is InChI=1S/C26H23ClN2O2/c1-15-6-5-7-20(13-15)28-24-23(21-11-8-16(2)12-18(21)4)25(30)29(26(24)31)22-14-19(27)10-9-17(22)3/h5-14,28H,1-4H3. The van der Waals surface area contributed by atoms with Crippen molar-refractivity contribution in [2.75, 3.05) is 10.2 Å². The molecule has 0 aromatic heterocycles. The molecule has 4 rings (SSSR count). The van der Waals surface area contributed by atoms with Crippen LogP contribution in [-0.2, 0) is 9.59 Å². The van der Waals surface area contributed by atoms with Crippen molar-refractivity contribution in [1.82, 2.24) is 0 Å². The number of aryl methyl sites for hydroxylation is 4. The number of anilines is 2. The summed E-state index contributed by atoms with van der Waals surface area (Å²) in [5.41, 5.74) is 6.49. The summed E-state index contributed by atoms with van der Waals surface area (Å²) < 4.78 is 0. The summed E-state index contributed by atoms with van der Waals surface area (Å²) in [5.74, 6) is -0.760. The van der Waals surface area contributed by atoms with E-state index in [0.29, 0.717) is 16.3 Å². The van der Waals surface area contributed by atoms with Crippen LogP contribution in [-0.4, -0.2) is 11.8 Å². The second kappa shape index (κ2) is 8.05. The average Bonchev–Trinajstić information content (AvgIpc) is 2.94. The smallest absolute Gasteiger partial charge is 0.282 e. The van der Waals surface area contributed by atoms with Crippen molar-refractivity contribution in [2.45, 2.75) is 27.7 Å². The summed E-state index contributed by atoms with van der Waals surface area (Å²) in [6.45, 7) is 7.79. The van der Waals surface area contributed by atoms with Crippen LogP contribution in [0.3, 0.4) is 0 Å². The molecule has 3 aromatic rings. The topological polar surface area (TPSA) is 49.4 Å². The number of halogens is 1. The number of carbonyl (C=O) groups excluding carboxylic acids is 2. The highest BCUT2D eigenvalue weighted by Gasteiger charge is 2.41. The molecule has 1 heterocycles. The molecule has 156 valence electrons. The molecule has 0 spiro atoms. The second-order valence-electron chi connectivity index (χ2n) is 7.94. The first-order valence-corrected chi connectivity index (χ1v) is 10.4. The van der Waals surface area contributed by atoms with E-state index < -0.39 is 5.91 Å². The summed E-state index contributed by atoms with van der Waals surface area (Å²) in [4.78, 5) is 28.4. The number of amides is 2. The van der Waals surface area contributed by atoms with Crippen molar-refractivity contribution in [2.24, 2.45) is 0 Å². The predicted molar refractivity (Wildman–Crippen MR) is 126 cm³/mol. The lowest BCUT2D eigenvalue weighted by Gasteiger charge is -2.18. The van der Waals surface area contributed by atoms with Gasteiger partial charge in [0.2, 0.25) is 0 Å². The van der Waals surface area contributed by atoms with Gasteiger partial charge in [0, 0.05) is 10.7 Å². The maximum atomic E-state index is 13.6. The van der Waals surface area contributed by atoms with E-state index >= 15 is 0 Å². The molecule has 2 amide bonds. The van der Waals surface area contributed by atoms with Gasteiger partial charge in [-0.3, -0.25) is 9.59 Å². The maximum Gasteiger partial charge on any atom is 0.282 e. The van der Waals surface area contributed by atoms with Gasteiger partial charge in [-0.05, 0) is 74.2 Å². The van der Waals surface area contributed by atoms with Gasteiger partial charge in [0.1, 0.15) is 5.70 Å². The van der Waals surface area contributed by atoms with Crippen LogP contribution in [0.4, 0.5) is 11.4 Å². The molecule has 0 radical (unpaired) electrons. The van der Waals surface area contributed by atoms with E-state index in [1.54, 1.807) is 18.2 Å². The number of nitrogens with zero attached hydrogens (tertiary/aromatic N) is 1. The lowest BCUT2D eigenvalue weighted by molar-refractivity contribution is -0.120. The van der Waals surface area contributed by atoms with Gasteiger partial charge in [-0.1, -0.05) is 53.6 Å². The highest BCUT2D eigenvalue weighted by Crippen LogP contribution is 2.37. The minimum Gasteiger partial charge on any atom is -0.350 e. The monoisotopic (exact) mass is 430 g/mol. The number of hydrogen-bond donors (Lipinski definition) is 1. The number of rotatable bonds is 4. The van der Waals surface area contributed by atoms with Crippen LogP contribution in [0.25, 0.3) is 5.57 Å². The molecule has 5 heteroatoms. The third-order valence-corrected chi connectivity index (χ3v) is 5.67. The van der Waals surface area contributed by atoms with Gasteiger partial charge in [-0.15, -0.1) is 0 Å². The van der Waals surface area contributed by atoms with Crippen molar-refractivity contribution in [1.29, 1.82) is 0 Å². The Hall–Kier alpha value is -3.37. The van der Waals surface area contributed by atoms with Gasteiger partial charge in [0.15, 0.2) is 0 Å². The third-order valence-electron chi connectivity index (χ3n) is 5.43. The van der Waals surface area contributed by atoms with E-state index in [1.807, 2.05) is 70.2 Å². The first-order chi connectivity index (χ1) is 14.8. The van der Waals surface area contributed by atoms with Gasteiger partial charge < -0.3 is 5.32 Å². The Kier molecular flexibility index (Phi) is 5.42. The zero-order chi connectivity index (χ0) is 22.3. The van der Waals surface area contributed by atoms with Crippen molar-refractivity contribution in [3.05, 3.63) is 99.2 Å². The Labute approximate surface area is 187 Å². The SMILES string of the molecule is Cc1cccc(NC2=C(c3ccc(C)cc3C)C(=O)N(c3cc(Cl)ccc3C)C2=O)c1. The normalized spacial score (nSPS) is 13.9. The summed E-state index contributed by atoms with van der Waals surface area (Å²) in [6, 6.07) is 18.8. The predicted octanol–water partition coefficient (Wildman–Crippen LogP) is 5.97. The number of carbonyl (C=O) groups is 2. The fourth-order valence-electron chi connectivity index (χ4n) is 3.90. The van der Waals surface area contributed by atoms with E-state index in [4.69, 9.17) is 11.6 Å². The van der Waals surface area contributed by atoms with Gasteiger partial charge in [-0.25, -0.2) is 4.90 Å². The minimum atomic E-state index is -0.396. The van der Waals surface area contributed by atoms with Crippen LogP contribution in [0, 0.1) is 27.7 Å². The number of hydrogen-bond acceptors (Lipinski definition) is 3. The number of benzene rings is 3. The zero-order valence-corrected chi connectivity index (χ0v) is 18.7. The quantitative estimate of drug-likeness (QED) is 0.518. The largest absolute Gasteiger partial charge is 0.350 e. The lowest BCUT2D eigenvalue weighted by atomic mass is 9.97. The van der Waals surface area contributed by atoms with E-state index in [0.717, 1.165) is 33.5 Å². The van der Waals surface area contributed by atoms with Crippen LogP contribution in [0.15, 0.2) is 66.4 Å². The maximum absolute atomic E-state index is 13.6. The summed E-state index contributed by atoms with van der Waals surface area (Å²) in [6.07, 6.45) is 0. The van der Waals surface area contributed by atoms with Gasteiger partial charge in [0.05, 0.1) is 11.3 Å². The van der Waals surface area contributed by atoms with E-state index in [-0.39, 0.29) is 11.6 Å². The van der Waals surface area contributed by atoms with Crippen LogP contribution in [0.2, 0.25) is 5.02 Å². The van der Waals surface area contributed by atoms with Crippen LogP contribution in [0.1, 0.15) is 27.8 Å². The molecule has 0 unspecified atom stereocenters. The molecule has 1 aliphatic rings. The Morgan fingerprint density at radius 1 is 0.774 bits per heavy atom. The molecule has 0 fully saturated rings. The first-order valence-electron chi connectivity index (χ1n) is 10.1. The molecule has 4 nitrogen and oxygen atoms in total. The fraction of sp³-hybridized carbons (Fsp3) is 0.154. The highest BCUT2D eigenvalue weighted by atomic mass is 35.5. The Morgan fingerprint density at radius 3 is 2.23 bits per heavy atom. The zero-order valence-electron chi connectivity index (χ0n) is 17.9. The van der Waals surface area contributed by atoms with E-state index in [9.17, 15) is 9.59 Å². The second-order valence-corrected chi connectivity index (χ2v) is 8.38. The molecular formula is C26H23ClN2O2. The van der Waals surface area contributed by atoms with Crippen LogP contribution in [0.5, 0.6) is 0 Å². The molecule has 0 saturated heterocycles. The van der Waals surface area contributed by atoms with E-state index in [2.05, 4.69) is 5.32 Å². The highest BCUT2D eigenvalue weighted by molar-refractivity contribution is 6.46.